The number of ether oxygens (including phenoxy) is 2. The summed E-state index contributed by atoms with van der Waals surface area (Å²) < 4.78 is 11.2. The first kappa shape index (κ1) is 27.3. The van der Waals surface area contributed by atoms with Gasteiger partial charge in [-0.25, -0.2) is 4.79 Å². The Labute approximate surface area is 248 Å². The number of methoxy groups -OCH3 is 2. The number of hydrogen-bond acceptors (Lipinski definition) is 7. The molecule has 0 aliphatic rings. The van der Waals surface area contributed by atoms with E-state index < -0.39 is 5.54 Å². The van der Waals surface area contributed by atoms with Gasteiger partial charge in [0, 0.05) is 0 Å². The molecule has 1 heterocycles. The van der Waals surface area contributed by atoms with Crippen LogP contribution in [0.3, 0.4) is 0 Å². The molecular formula is C35H27N5O3. The maximum absolute atomic E-state index is 11.3. The van der Waals surface area contributed by atoms with E-state index in [-0.39, 0.29) is 0 Å². The summed E-state index contributed by atoms with van der Waals surface area (Å²) in [7, 11) is 3.14. The highest BCUT2D eigenvalue weighted by Gasteiger charge is 2.41. The van der Waals surface area contributed by atoms with Gasteiger partial charge in [0.25, 0.3) is 0 Å². The highest BCUT2D eigenvalue weighted by molar-refractivity contribution is 5.89. The number of nitrogens with zero attached hydrogens (tertiary/aromatic N) is 5. The van der Waals surface area contributed by atoms with E-state index >= 15 is 0 Å². The van der Waals surface area contributed by atoms with Crippen LogP contribution in [0.2, 0.25) is 0 Å². The molecule has 5 aromatic carbocycles. The molecular weight excluding hydrogens is 538 g/mol. The van der Waals surface area contributed by atoms with E-state index in [9.17, 15) is 4.79 Å². The van der Waals surface area contributed by atoms with Gasteiger partial charge in [0.2, 0.25) is 11.9 Å². The quantitative estimate of drug-likeness (QED) is 0.108. The molecule has 8 nitrogen and oxygen atoms in total. The third-order valence-corrected chi connectivity index (χ3v) is 7.42. The first-order valence-corrected chi connectivity index (χ1v) is 13.6. The molecule has 6 aromatic rings. The molecule has 8 heteroatoms. The minimum atomic E-state index is -0.957. The van der Waals surface area contributed by atoms with E-state index in [4.69, 9.17) is 14.6 Å². The van der Waals surface area contributed by atoms with Crippen molar-refractivity contribution < 1.29 is 14.3 Å². The number of carbonyl (C=O) groups excluding carboxylic acids is 1. The predicted molar refractivity (Wildman–Crippen MR) is 164 cm³/mol. The van der Waals surface area contributed by atoms with Gasteiger partial charge in [-0.1, -0.05) is 109 Å². The van der Waals surface area contributed by atoms with E-state index in [1.54, 1.807) is 24.1 Å². The lowest BCUT2D eigenvalue weighted by molar-refractivity contribution is 0.395. The van der Waals surface area contributed by atoms with E-state index in [2.05, 4.69) is 51.7 Å². The van der Waals surface area contributed by atoms with Crippen molar-refractivity contribution in [3.8, 4) is 34.0 Å². The molecule has 0 unspecified atom stereocenters. The number of aliphatic imine (C=N–C) groups is 1. The van der Waals surface area contributed by atoms with Gasteiger partial charge < -0.3 is 9.47 Å². The minimum absolute atomic E-state index is 0.304. The fourth-order valence-corrected chi connectivity index (χ4v) is 5.49. The summed E-state index contributed by atoms with van der Waals surface area (Å²) >= 11 is 0. The van der Waals surface area contributed by atoms with E-state index in [0.29, 0.717) is 22.8 Å². The zero-order chi connectivity index (χ0) is 29.6. The molecule has 0 atom stereocenters. The van der Waals surface area contributed by atoms with Gasteiger partial charge in [0.1, 0.15) is 11.4 Å². The summed E-state index contributed by atoms with van der Waals surface area (Å²) in [4.78, 5) is 16.9. The van der Waals surface area contributed by atoms with E-state index in [1.807, 2.05) is 84.9 Å². The van der Waals surface area contributed by atoms with Crippen molar-refractivity contribution in [2.45, 2.75) is 5.54 Å². The zero-order valence-corrected chi connectivity index (χ0v) is 23.6. The smallest absolute Gasteiger partial charge is 0.240 e. The van der Waals surface area contributed by atoms with Crippen molar-refractivity contribution in [2.75, 3.05) is 14.2 Å². The van der Waals surface area contributed by atoms with Crippen LogP contribution in [0.25, 0.3) is 22.5 Å². The Morgan fingerprint density at radius 2 is 1.26 bits per heavy atom. The van der Waals surface area contributed by atoms with Crippen LogP contribution in [0.1, 0.15) is 16.7 Å². The molecule has 43 heavy (non-hydrogen) atoms. The molecule has 0 amide bonds. The molecule has 0 bridgehead atoms. The molecule has 0 spiro atoms. The molecule has 0 N–H and O–H groups in total. The monoisotopic (exact) mass is 565 g/mol. The number of isocyanates is 1. The van der Waals surface area contributed by atoms with Crippen LogP contribution < -0.4 is 9.47 Å². The SMILES string of the molecule is COc1ccc(-c2ccc(N=C=O)c(OC)c2-c2nnn(C(c3ccccc3)(c3ccccc3)c3ccccc3)n2)cc1. The summed E-state index contributed by atoms with van der Waals surface area (Å²) in [5, 5.41) is 14.4. The molecule has 210 valence electrons. The van der Waals surface area contributed by atoms with Crippen molar-refractivity contribution in [1.82, 2.24) is 20.2 Å². The average Bonchev–Trinajstić information content (AvgIpc) is 3.57. The summed E-state index contributed by atoms with van der Waals surface area (Å²) in [6, 6.07) is 41.5. The molecule has 1 aromatic heterocycles. The Balaban J connectivity index is 1.65. The third-order valence-electron chi connectivity index (χ3n) is 7.42. The van der Waals surface area contributed by atoms with Crippen LogP contribution in [0, 0.1) is 0 Å². The largest absolute Gasteiger partial charge is 0.497 e. The molecule has 0 radical (unpaired) electrons. The normalized spacial score (nSPS) is 11.0. The topological polar surface area (TPSA) is 91.5 Å². The number of benzene rings is 5. The Hall–Kier alpha value is -5.85. The van der Waals surface area contributed by atoms with Crippen LogP contribution >= 0.6 is 0 Å². The Morgan fingerprint density at radius 1 is 0.698 bits per heavy atom. The maximum Gasteiger partial charge on any atom is 0.240 e. The molecule has 0 aliphatic heterocycles. The molecule has 0 saturated heterocycles. The van der Waals surface area contributed by atoms with Crippen molar-refractivity contribution in [2.24, 2.45) is 4.99 Å². The highest BCUT2D eigenvalue weighted by atomic mass is 16.5. The predicted octanol–water partition coefficient (Wildman–Crippen LogP) is 6.83. The summed E-state index contributed by atoms with van der Waals surface area (Å²) in [6.45, 7) is 0. The van der Waals surface area contributed by atoms with Gasteiger partial charge in [-0.15, -0.1) is 15.0 Å². The Bertz CT molecular complexity index is 1790. The standard InChI is InChI=1S/C35H27N5O3/c1-42-29-20-18-25(19-21-29)30-22-23-31(36-24-41)33(43-2)32(30)34-37-39-40(38-34)35(26-12-6-3-7-13-26,27-14-8-4-9-15-27)28-16-10-5-11-17-28/h3-23H,1-2H3. The van der Waals surface area contributed by atoms with Gasteiger partial charge >= 0.3 is 0 Å². The van der Waals surface area contributed by atoms with Crippen LogP contribution in [0.5, 0.6) is 11.5 Å². The number of rotatable bonds is 9. The van der Waals surface area contributed by atoms with Crippen LogP contribution in [0.4, 0.5) is 5.69 Å². The van der Waals surface area contributed by atoms with Crippen LogP contribution in [-0.2, 0) is 10.3 Å². The summed E-state index contributed by atoms with van der Waals surface area (Å²) in [6.07, 6.45) is 1.62. The van der Waals surface area contributed by atoms with Gasteiger partial charge in [0.15, 0.2) is 11.3 Å². The molecule has 0 aliphatic carbocycles. The van der Waals surface area contributed by atoms with Crippen molar-refractivity contribution >= 4 is 11.8 Å². The Kier molecular flexibility index (Phi) is 7.59. The van der Waals surface area contributed by atoms with E-state index in [0.717, 1.165) is 33.6 Å². The minimum Gasteiger partial charge on any atom is -0.497 e. The number of aromatic nitrogens is 4. The second kappa shape index (κ2) is 11.9. The highest BCUT2D eigenvalue weighted by Crippen LogP contribution is 2.45. The summed E-state index contributed by atoms with van der Waals surface area (Å²) in [5.41, 5.74) is 4.40. The van der Waals surface area contributed by atoms with Gasteiger partial charge in [-0.2, -0.15) is 4.99 Å². The van der Waals surface area contributed by atoms with Gasteiger partial charge in [-0.05, 0) is 51.2 Å². The van der Waals surface area contributed by atoms with E-state index in [1.165, 1.54) is 7.11 Å². The van der Waals surface area contributed by atoms with Crippen molar-refractivity contribution in [3.05, 3.63) is 144 Å². The maximum atomic E-state index is 11.3. The molecule has 6 rings (SSSR count). The Morgan fingerprint density at radius 3 is 1.74 bits per heavy atom. The van der Waals surface area contributed by atoms with Crippen molar-refractivity contribution in [1.29, 1.82) is 0 Å². The lowest BCUT2D eigenvalue weighted by Gasteiger charge is -2.34. The summed E-state index contributed by atoms with van der Waals surface area (Å²) in [5.74, 6) is 1.36. The fourth-order valence-electron chi connectivity index (χ4n) is 5.49. The molecule has 0 saturated carbocycles. The van der Waals surface area contributed by atoms with Gasteiger partial charge in [-0.3, -0.25) is 0 Å². The van der Waals surface area contributed by atoms with Gasteiger partial charge in [0.05, 0.1) is 19.8 Å². The zero-order valence-electron chi connectivity index (χ0n) is 23.6. The van der Waals surface area contributed by atoms with Crippen LogP contribution in [0.15, 0.2) is 132 Å². The average molecular weight is 566 g/mol. The lowest BCUT2D eigenvalue weighted by Crippen LogP contribution is -2.39. The first-order chi connectivity index (χ1) is 21.2. The lowest BCUT2D eigenvalue weighted by atomic mass is 9.77. The second-order valence-corrected chi connectivity index (χ2v) is 9.68. The van der Waals surface area contributed by atoms with Crippen molar-refractivity contribution in [3.63, 3.8) is 0 Å². The fraction of sp³-hybridized carbons (Fsp3) is 0.0857. The second-order valence-electron chi connectivity index (χ2n) is 9.68. The molecule has 0 fully saturated rings. The third kappa shape index (κ3) is 4.86. The van der Waals surface area contributed by atoms with Crippen LogP contribution in [-0.4, -0.2) is 40.5 Å². The number of tetrazole rings is 1. The first-order valence-electron chi connectivity index (χ1n) is 13.6. The number of hydrogen-bond donors (Lipinski definition) is 0.